The molecule has 16 heavy (non-hydrogen) atoms. The van der Waals surface area contributed by atoms with Crippen molar-refractivity contribution < 1.29 is 13.0 Å². The van der Waals surface area contributed by atoms with Gasteiger partial charge in [-0.25, -0.2) is 4.31 Å². The number of hydrogen-bond donors (Lipinski definition) is 1. The maximum atomic E-state index is 11.2. The summed E-state index contributed by atoms with van der Waals surface area (Å²) in [5, 5.41) is 0. The van der Waals surface area contributed by atoms with Crippen molar-refractivity contribution in [3.63, 3.8) is 0 Å². The topological polar surface area (TPSA) is 57.6 Å². The summed E-state index contributed by atoms with van der Waals surface area (Å²) in [6.45, 7) is 5.98. The first-order valence-corrected chi connectivity index (χ1v) is 6.52. The molecule has 5 heteroatoms. The fourth-order valence-corrected chi connectivity index (χ4v) is 2.25. The minimum absolute atomic E-state index is 0.142. The summed E-state index contributed by atoms with van der Waals surface area (Å²) in [5.41, 5.74) is 1.53. The molecule has 4 nitrogen and oxygen atoms in total. The van der Waals surface area contributed by atoms with E-state index < -0.39 is 10.3 Å². The van der Waals surface area contributed by atoms with Gasteiger partial charge < -0.3 is 0 Å². The van der Waals surface area contributed by atoms with Gasteiger partial charge in [-0.15, -0.1) is 0 Å². The van der Waals surface area contributed by atoms with E-state index >= 15 is 0 Å². The van der Waals surface area contributed by atoms with Gasteiger partial charge in [-0.1, -0.05) is 31.5 Å². The monoisotopic (exact) mass is 243 g/mol. The normalized spacial score (nSPS) is 11.8. The summed E-state index contributed by atoms with van der Waals surface area (Å²) in [5.74, 6) is 0.142. The lowest BCUT2D eigenvalue weighted by atomic mass is 10.2. The maximum absolute atomic E-state index is 11.2. The standard InChI is InChI=1S/C11H17NO3S/c1-9(2)8-12(16(13,14)15)11-6-4-10(3)5-7-11/h4-7,9H,8H2,1-3H3,(H,13,14,15). The average molecular weight is 243 g/mol. The average Bonchev–Trinajstić information content (AvgIpc) is 2.14. The van der Waals surface area contributed by atoms with E-state index in [1.54, 1.807) is 12.1 Å². The van der Waals surface area contributed by atoms with Gasteiger partial charge >= 0.3 is 10.3 Å². The van der Waals surface area contributed by atoms with Crippen LogP contribution in [0.1, 0.15) is 19.4 Å². The van der Waals surface area contributed by atoms with Crippen molar-refractivity contribution in [2.45, 2.75) is 20.8 Å². The highest BCUT2D eigenvalue weighted by atomic mass is 32.2. The molecule has 0 aliphatic heterocycles. The zero-order valence-corrected chi connectivity index (χ0v) is 10.5. The maximum Gasteiger partial charge on any atom is 0.359 e. The van der Waals surface area contributed by atoms with E-state index in [9.17, 15) is 8.42 Å². The third kappa shape index (κ3) is 3.50. The summed E-state index contributed by atoms with van der Waals surface area (Å²) in [6, 6.07) is 7.00. The molecule has 0 unspecified atom stereocenters. The van der Waals surface area contributed by atoms with Gasteiger partial charge in [0.05, 0.1) is 5.69 Å². The molecule has 0 bridgehead atoms. The van der Waals surface area contributed by atoms with Crippen LogP contribution in [-0.2, 0) is 10.3 Å². The predicted molar refractivity (Wildman–Crippen MR) is 64.9 cm³/mol. The third-order valence-electron chi connectivity index (χ3n) is 2.13. The zero-order valence-electron chi connectivity index (χ0n) is 9.71. The Bertz CT molecular complexity index is 437. The number of rotatable bonds is 4. The summed E-state index contributed by atoms with van der Waals surface area (Å²) in [6.07, 6.45) is 0. The molecule has 0 aliphatic rings. The van der Waals surface area contributed by atoms with Gasteiger partial charge in [-0.3, -0.25) is 4.55 Å². The smallest absolute Gasteiger partial charge is 0.269 e. The molecule has 1 aromatic carbocycles. The molecule has 0 saturated carbocycles. The lowest BCUT2D eigenvalue weighted by Gasteiger charge is -2.22. The molecule has 1 N–H and O–H groups in total. The van der Waals surface area contributed by atoms with Gasteiger partial charge in [-0.2, -0.15) is 8.42 Å². The van der Waals surface area contributed by atoms with Gasteiger partial charge in [0.25, 0.3) is 0 Å². The van der Waals surface area contributed by atoms with Crippen LogP contribution in [0.2, 0.25) is 0 Å². The van der Waals surface area contributed by atoms with E-state index in [0.717, 1.165) is 9.87 Å². The van der Waals surface area contributed by atoms with Gasteiger partial charge in [0.2, 0.25) is 0 Å². The Morgan fingerprint density at radius 1 is 1.25 bits per heavy atom. The first-order valence-electron chi connectivity index (χ1n) is 5.12. The Morgan fingerprint density at radius 2 is 1.75 bits per heavy atom. The van der Waals surface area contributed by atoms with Gasteiger partial charge in [0, 0.05) is 6.54 Å². The molecule has 0 atom stereocenters. The van der Waals surface area contributed by atoms with E-state index in [4.69, 9.17) is 4.55 Å². The van der Waals surface area contributed by atoms with Crippen LogP contribution < -0.4 is 4.31 Å². The number of nitrogens with zero attached hydrogens (tertiary/aromatic N) is 1. The van der Waals surface area contributed by atoms with E-state index in [0.29, 0.717) is 5.69 Å². The third-order valence-corrected chi connectivity index (χ3v) is 3.05. The van der Waals surface area contributed by atoms with Crippen molar-refractivity contribution in [2.75, 3.05) is 10.8 Å². The van der Waals surface area contributed by atoms with Crippen molar-refractivity contribution >= 4 is 16.0 Å². The van der Waals surface area contributed by atoms with Crippen LogP contribution in [0.15, 0.2) is 24.3 Å². The zero-order chi connectivity index (χ0) is 12.3. The Balaban J connectivity index is 3.07. The fraction of sp³-hybridized carbons (Fsp3) is 0.455. The molecule has 0 saturated heterocycles. The van der Waals surface area contributed by atoms with Gasteiger partial charge in [0.15, 0.2) is 0 Å². The molecule has 1 rings (SSSR count). The van der Waals surface area contributed by atoms with E-state index in [2.05, 4.69) is 0 Å². The van der Waals surface area contributed by atoms with E-state index in [-0.39, 0.29) is 12.5 Å². The van der Waals surface area contributed by atoms with Crippen LogP contribution in [0.3, 0.4) is 0 Å². The second-order valence-corrected chi connectivity index (χ2v) is 5.57. The number of hydrogen-bond acceptors (Lipinski definition) is 2. The largest absolute Gasteiger partial charge is 0.359 e. The van der Waals surface area contributed by atoms with Crippen molar-refractivity contribution in [1.29, 1.82) is 0 Å². The highest BCUT2D eigenvalue weighted by molar-refractivity contribution is 7.87. The minimum Gasteiger partial charge on any atom is -0.269 e. The second-order valence-electron chi connectivity index (χ2n) is 4.24. The number of benzene rings is 1. The lowest BCUT2D eigenvalue weighted by Crippen LogP contribution is -2.33. The highest BCUT2D eigenvalue weighted by Crippen LogP contribution is 2.19. The molecular formula is C11H17NO3S. The summed E-state index contributed by atoms with van der Waals surface area (Å²) in [4.78, 5) is 0. The second kappa shape index (κ2) is 4.84. The van der Waals surface area contributed by atoms with E-state index in [1.165, 1.54) is 0 Å². The molecule has 0 fully saturated rings. The Labute approximate surface area is 96.8 Å². The summed E-state index contributed by atoms with van der Waals surface area (Å²) < 4.78 is 32.6. The van der Waals surface area contributed by atoms with Crippen LogP contribution >= 0.6 is 0 Å². The Kier molecular flexibility index (Phi) is 3.93. The Hall–Kier alpha value is -1.07. The molecule has 90 valence electrons. The van der Waals surface area contributed by atoms with Crippen molar-refractivity contribution in [2.24, 2.45) is 5.92 Å². The first kappa shape index (κ1) is 13.0. The molecule has 0 heterocycles. The van der Waals surface area contributed by atoms with Crippen LogP contribution in [-0.4, -0.2) is 19.5 Å². The van der Waals surface area contributed by atoms with Crippen molar-refractivity contribution in [3.8, 4) is 0 Å². The molecule has 0 aliphatic carbocycles. The molecular weight excluding hydrogens is 226 g/mol. The van der Waals surface area contributed by atoms with Crippen LogP contribution in [0, 0.1) is 12.8 Å². The predicted octanol–water partition coefficient (Wildman–Crippen LogP) is 2.26. The summed E-state index contributed by atoms with van der Waals surface area (Å²) >= 11 is 0. The fourth-order valence-electron chi connectivity index (χ4n) is 1.38. The minimum atomic E-state index is -4.19. The van der Waals surface area contributed by atoms with Crippen molar-refractivity contribution in [1.82, 2.24) is 0 Å². The van der Waals surface area contributed by atoms with Crippen LogP contribution in [0.5, 0.6) is 0 Å². The molecule has 0 aromatic heterocycles. The SMILES string of the molecule is Cc1ccc(N(CC(C)C)S(=O)(=O)O)cc1. The van der Waals surface area contributed by atoms with Crippen LogP contribution in [0.25, 0.3) is 0 Å². The number of anilines is 1. The van der Waals surface area contributed by atoms with Crippen LogP contribution in [0.4, 0.5) is 5.69 Å². The van der Waals surface area contributed by atoms with Gasteiger partial charge in [-0.05, 0) is 25.0 Å². The molecule has 0 radical (unpaired) electrons. The van der Waals surface area contributed by atoms with Crippen molar-refractivity contribution in [3.05, 3.63) is 29.8 Å². The molecule has 0 amide bonds. The molecule has 0 spiro atoms. The first-order chi connectivity index (χ1) is 7.30. The Morgan fingerprint density at radius 3 is 2.12 bits per heavy atom. The highest BCUT2D eigenvalue weighted by Gasteiger charge is 2.20. The van der Waals surface area contributed by atoms with E-state index in [1.807, 2.05) is 32.9 Å². The molecule has 1 aromatic rings. The lowest BCUT2D eigenvalue weighted by molar-refractivity contribution is 0.472. The van der Waals surface area contributed by atoms with Gasteiger partial charge in [0.1, 0.15) is 0 Å². The number of aryl methyl sites for hydroxylation is 1. The summed E-state index contributed by atoms with van der Waals surface area (Å²) in [7, 11) is -4.19. The quantitative estimate of drug-likeness (QED) is 0.825.